The summed E-state index contributed by atoms with van der Waals surface area (Å²) >= 11 is 1.31. The van der Waals surface area contributed by atoms with Gasteiger partial charge in [0.25, 0.3) is 0 Å². The molecule has 1 heterocycles. The highest BCUT2D eigenvalue weighted by Gasteiger charge is 2.26. The lowest BCUT2D eigenvalue weighted by atomic mass is 9.81. The van der Waals surface area contributed by atoms with E-state index in [1.807, 2.05) is 13.1 Å². The third-order valence-electron chi connectivity index (χ3n) is 3.53. The number of hydrogen-bond acceptors (Lipinski definition) is 4. The second kappa shape index (κ2) is 6.35. The molecule has 0 radical (unpaired) electrons. The number of sulfonamides is 1. The molecule has 1 aromatic heterocycles. The number of hydrogen-bond donors (Lipinski definition) is 2. The molecule has 0 amide bonds. The number of nitrogens with one attached hydrogen (secondary N) is 2. The van der Waals surface area contributed by atoms with Crippen LogP contribution in [0.15, 0.2) is 16.3 Å². The van der Waals surface area contributed by atoms with Crippen LogP contribution in [0.5, 0.6) is 0 Å². The van der Waals surface area contributed by atoms with Crippen LogP contribution in [0.4, 0.5) is 0 Å². The Hall–Kier alpha value is -0.430. The van der Waals surface area contributed by atoms with Crippen LogP contribution in [-0.4, -0.2) is 22.0 Å². The molecule has 0 saturated carbocycles. The van der Waals surface area contributed by atoms with Crippen LogP contribution in [-0.2, 0) is 16.6 Å². The molecule has 0 atom stereocenters. The minimum absolute atomic E-state index is 0.0574. The summed E-state index contributed by atoms with van der Waals surface area (Å²) in [5.41, 5.74) is -0.0574. The van der Waals surface area contributed by atoms with Gasteiger partial charge >= 0.3 is 0 Å². The van der Waals surface area contributed by atoms with Crippen LogP contribution < -0.4 is 10.0 Å². The van der Waals surface area contributed by atoms with Gasteiger partial charge in [-0.15, -0.1) is 11.3 Å². The van der Waals surface area contributed by atoms with Crippen molar-refractivity contribution in [2.75, 3.05) is 13.6 Å². The summed E-state index contributed by atoms with van der Waals surface area (Å²) in [5, 5.41) is 3.02. The fourth-order valence-electron chi connectivity index (χ4n) is 1.33. The van der Waals surface area contributed by atoms with Crippen molar-refractivity contribution in [3.63, 3.8) is 0 Å². The summed E-state index contributed by atoms with van der Waals surface area (Å²) in [6.07, 6.45) is 0. The van der Waals surface area contributed by atoms with Crippen molar-refractivity contribution < 1.29 is 8.42 Å². The van der Waals surface area contributed by atoms with E-state index in [0.29, 0.717) is 23.2 Å². The van der Waals surface area contributed by atoms with Crippen molar-refractivity contribution in [2.24, 2.45) is 11.3 Å². The fourth-order valence-corrected chi connectivity index (χ4v) is 3.96. The third-order valence-corrected chi connectivity index (χ3v) is 6.51. The molecule has 1 rings (SSSR count). The quantitative estimate of drug-likeness (QED) is 0.813. The van der Waals surface area contributed by atoms with Gasteiger partial charge in [-0.05, 0) is 30.5 Å². The summed E-state index contributed by atoms with van der Waals surface area (Å²) < 4.78 is 27.5. The molecule has 0 spiro atoms. The van der Waals surface area contributed by atoms with E-state index in [9.17, 15) is 8.42 Å². The zero-order valence-corrected chi connectivity index (χ0v) is 13.9. The molecular formula is C13H24N2O2S2. The molecule has 0 aliphatic rings. The van der Waals surface area contributed by atoms with Gasteiger partial charge in [0.15, 0.2) is 0 Å². The Morgan fingerprint density at radius 3 is 2.47 bits per heavy atom. The Labute approximate surface area is 120 Å². The normalized spacial score (nSPS) is 13.2. The number of thiophene rings is 1. The molecule has 0 bridgehead atoms. The van der Waals surface area contributed by atoms with Crippen LogP contribution in [0, 0.1) is 11.3 Å². The van der Waals surface area contributed by atoms with Crippen molar-refractivity contribution in [2.45, 2.75) is 38.4 Å². The standard InChI is InChI=1S/C13H24N2O2S2/c1-10(2)13(3,4)9-15-19(16,17)12-7-6-11(18-12)8-14-5/h6-7,10,14-15H,8-9H2,1-5H3. The fraction of sp³-hybridized carbons (Fsp3) is 0.692. The summed E-state index contributed by atoms with van der Waals surface area (Å²) in [6, 6.07) is 3.52. The first-order valence-corrected chi connectivity index (χ1v) is 8.72. The molecule has 0 aliphatic carbocycles. The minimum Gasteiger partial charge on any atom is -0.315 e. The maximum atomic E-state index is 12.2. The highest BCUT2D eigenvalue weighted by molar-refractivity contribution is 7.91. The van der Waals surface area contributed by atoms with Crippen molar-refractivity contribution in [1.82, 2.24) is 10.0 Å². The van der Waals surface area contributed by atoms with Crippen molar-refractivity contribution in [3.05, 3.63) is 17.0 Å². The molecule has 2 N–H and O–H groups in total. The molecule has 19 heavy (non-hydrogen) atoms. The molecule has 0 saturated heterocycles. The van der Waals surface area contributed by atoms with E-state index in [0.717, 1.165) is 4.88 Å². The molecule has 110 valence electrons. The molecule has 0 aromatic carbocycles. The predicted molar refractivity (Wildman–Crippen MR) is 80.9 cm³/mol. The van der Waals surface area contributed by atoms with Gasteiger partial charge in [-0.1, -0.05) is 27.7 Å². The van der Waals surface area contributed by atoms with E-state index in [1.54, 1.807) is 6.07 Å². The number of rotatable bonds is 7. The lowest BCUT2D eigenvalue weighted by molar-refractivity contribution is 0.252. The summed E-state index contributed by atoms with van der Waals surface area (Å²) in [4.78, 5) is 1.02. The Balaban J connectivity index is 2.75. The Morgan fingerprint density at radius 1 is 1.32 bits per heavy atom. The first-order valence-electron chi connectivity index (χ1n) is 6.42. The molecular weight excluding hydrogens is 280 g/mol. The lowest BCUT2D eigenvalue weighted by Crippen LogP contribution is -2.36. The van der Waals surface area contributed by atoms with E-state index in [4.69, 9.17) is 0 Å². The summed E-state index contributed by atoms with van der Waals surface area (Å²) in [6.45, 7) is 9.49. The van der Waals surface area contributed by atoms with Gasteiger partial charge in [-0.3, -0.25) is 0 Å². The highest BCUT2D eigenvalue weighted by Crippen LogP contribution is 2.26. The minimum atomic E-state index is -3.38. The first kappa shape index (κ1) is 16.6. The van der Waals surface area contributed by atoms with Crippen molar-refractivity contribution >= 4 is 21.4 Å². The van der Waals surface area contributed by atoms with E-state index in [-0.39, 0.29) is 5.41 Å². The second-order valence-corrected chi connectivity index (χ2v) is 8.88. The van der Waals surface area contributed by atoms with E-state index in [1.165, 1.54) is 11.3 Å². The van der Waals surface area contributed by atoms with Crippen LogP contribution in [0.2, 0.25) is 0 Å². The maximum Gasteiger partial charge on any atom is 0.250 e. The molecule has 0 fully saturated rings. The Bertz CT molecular complexity index is 504. The van der Waals surface area contributed by atoms with Crippen molar-refractivity contribution in [1.29, 1.82) is 0 Å². The topological polar surface area (TPSA) is 58.2 Å². The van der Waals surface area contributed by atoms with E-state index < -0.39 is 10.0 Å². The van der Waals surface area contributed by atoms with Gasteiger partial charge < -0.3 is 5.32 Å². The SMILES string of the molecule is CNCc1ccc(S(=O)(=O)NCC(C)(C)C(C)C)s1. The summed E-state index contributed by atoms with van der Waals surface area (Å²) in [5.74, 6) is 0.415. The van der Waals surface area contributed by atoms with Gasteiger partial charge in [0, 0.05) is 18.0 Å². The highest BCUT2D eigenvalue weighted by atomic mass is 32.2. The van der Waals surface area contributed by atoms with Crippen molar-refractivity contribution in [3.8, 4) is 0 Å². The van der Waals surface area contributed by atoms with Gasteiger partial charge in [-0.2, -0.15) is 0 Å². The second-order valence-electron chi connectivity index (χ2n) is 5.72. The van der Waals surface area contributed by atoms with E-state index >= 15 is 0 Å². The molecule has 6 heteroatoms. The van der Waals surface area contributed by atoms with Gasteiger partial charge in [-0.25, -0.2) is 13.1 Å². The van der Waals surface area contributed by atoms with Crippen LogP contribution >= 0.6 is 11.3 Å². The average molecular weight is 304 g/mol. The van der Waals surface area contributed by atoms with Crippen LogP contribution in [0.1, 0.15) is 32.6 Å². The zero-order valence-electron chi connectivity index (χ0n) is 12.3. The van der Waals surface area contributed by atoms with E-state index in [2.05, 4.69) is 37.7 Å². The van der Waals surface area contributed by atoms with Crippen LogP contribution in [0.25, 0.3) is 0 Å². The first-order chi connectivity index (χ1) is 8.69. The zero-order chi connectivity index (χ0) is 14.7. The van der Waals surface area contributed by atoms with Crippen LogP contribution in [0.3, 0.4) is 0 Å². The molecule has 0 unspecified atom stereocenters. The van der Waals surface area contributed by atoms with Gasteiger partial charge in [0.1, 0.15) is 4.21 Å². The van der Waals surface area contributed by atoms with Gasteiger partial charge in [0.05, 0.1) is 0 Å². The monoisotopic (exact) mass is 304 g/mol. The molecule has 1 aromatic rings. The Kier molecular flexibility index (Phi) is 5.55. The summed E-state index contributed by atoms with van der Waals surface area (Å²) in [7, 11) is -1.54. The largest absolute Gasteiger partial charge is 0.315 e. The predicted octanol–water partition coefficient (Wildman–Crippen LogP) is 2.43. The van der Waals surface area contributed by atoms with Gasteiger partial charge in [0.2, 0.25) is 10.0 Å². The Morgan fingerprint density at radius 2 is 1.95 bits per heavy atom. The average Bonchev–Trinajstić information content (AvgIpc) is 2.76. The molecule has 0 aliphatic heterocycles. The third kappa shape index (κ3) is 4.56. The maximum absolute atomic E-state index is 12.2. The molecule has 4 nitrogen and oxygen atoms in total. The smallest absolute Gasteiger partial charge is 0.250 e. The lowest BCUT2D eigenvalue weighted by Gasteiger charge is -2.29.